The summed E-state index contributed by atoms with van der Waals surface area (Å²) >= 11 is 7.77. The lowest BCUT2D eigenvalue weighted by Crippen LogP contribution is -2.19. The van der Waals surface area contributed by atoms with Crippen molar-refractivity contribution in [3.05, 3.63) is 50.9 Å². The third-order valence-corrected chi connectivity index (χ3v) is 4.00. The number of rotatable bonds is 5. The molecule has 0 aliphatic heterocycles. The molecular formula is C14H17ClN2S. The minimum Gasteiger partial charge on any atom is -0.305 e. The van der Waals surface area contributed by atoms with Crippen LogP contribution in [0, 0.1) is 6.92 Å². The predicted octanol–water partition coefficient (Wildman–Crippen LogP) is 4.35. The van der Waals surface area contributed by atoms with Gasteiger partial charge in [-0.1, -0.05) is 30.7 Å². The first-order chi connectivity index (χ1) is 8.69. The van der Waals surface area contributed by atoms with Gasteiger partial charge in [0.15, 0.2) is 0 Å². The highest BCUT2D eigenvalue weighted by Gasteiger charge is 2.09. The molecule has 0 fully saturated rings. The topological polar surface area (TPSA) is 24.9 Å². The summed E-state index contributed by atoms with van der Waals surface area (Å²) in [5.41, 5.74) is 1.24. The molecule has 0 aliphatic carbocycles. The normalized spacial score (nSPS) is 12.6. The third kappa shape index (κ3) is 3.55. The van der Waals surface area contributed by atoms with Crippen molar-refractivity contribution in [3.63, 3.8) is 0 Å². The number of aromatic nitrogens is 1. The first-order valence-electron chi connectivity index (χ1n) is 6.09. The van der Waals surface area contributed by atoms with Crippen molar-refractivity contribution in [3.8, 4) is 0 Å². The minimum absolute atomic E-state index is 0.339. The molecule has 1 N–H and O–H groups in total. The Kier molecular flexibility index (Phi) is 4.75. The number of thiazole rings is 1. The molecule has 2 rings (SSSR count). The summed E-state index contributed by atoms with van der Waals surface area (Å²) in [6.07, 6.45) is 2.98. The molecule has 0 bridgehead atoms. The van der Waals surface area contributed by atoms with Crippen LogP contribution in [0.2, 0.25) is 5.02 Å². The Morgan fingerprint density at radius 3 is 2.89 bits per heavy atom. The zero-order chi connectivity index (χ0) is 13.0. The molecule has 0 saturated heterocycles. The Bertz CT molecular complexity index is 510. The molecule has 18 heavy (non-hydrogen) atoms. The maximum atomic E-state index is 6.03. The average molecular weight is 281 g/mol. The van der Waals surface area contributed by atoms with Crippen LogP contribution >= 0.6 is 22.9 Å². The summed E-state index contributed by atoms with van der Waals surface area (Å²) in [5.74, 6) is 0. The molecule has 1 atom stereocenters. The van der Waals surface area contributed by atoms with Crippen LogP contribution in [-0.4, -0.2) is 4.98 Å². The SMILES string of the molecule is CCC(NCc1cnc(C)s1)c1cccc(Cl)c1. The van der Waals surface area contributed by atoms with E-state index >= 15 is 0 Å². The van der Waals surface area contributed by atoms with Gasteiger partial charge in [0.05, 0.1) is 5.01 Å². The fourth-order valence-corrected chi connectivity index (χ4v) is 2.88. The van der Waals surface area contributed by atoms with Gasteiger partial charge in [-0.05, 0) is 31.0 Å². The lowest BCUT2D eigenvalue weighted by atomic mass is 10.0. The van der Waals surface area contributed by atoms with Crippen LogP contribution in [0.15, 0.2) is 30.5 Å². The molecule has 0 saturated carbocycles. The molecule has 1 aromatic carbocycles. The van der Waals surface area contributed by atoms with E-state index in [1.54, 1.807) is 11.3 Å². The Balaban J connectivity index is 2.01. The van der Waals surface area contributed by atoms with E-state index in [4.69, 9.17) is 11.6 Å². The van der Waals surface area contributed by atoms with Crippen molar-refractivity contribution in [1.82, 2.24) is 10.3 Å². The van der Waals surface area contributed by atoms with Gasteiger partial charge < -0.3 is 5.32 Å². The standard InChI is InChI=1S/C14H17ClN2S/c1-3-14(11-5-4-6-12(15)7-11)17-9-13-8-16-10(2)18-13/h4-8,14,17H,3,9H2,1-2H3. The Hall–Kier alpha value is -0.900. The van der Waals surface area contributed by atoms with Gasteiger partial charge in [0.25, 0.3) is 0 Å². The van der Waals surface area contributed by atoms with E-state index in [1.807, 2.05) is 31.3 Å². The lowest BCUT2D eigenvalue weighted by Gasteiger charge is -2.17. The Labute approximate surface area is 117 Å². The van der Waals surface area contributed by atoms with Gasteiger partial charge in [0, 0.05) is 28.7 Å². The molecule has 1 aromatic heterocycles. The van der Waals surface area contributed by atoms with Crippen molar-refractivity contribution in [2.75, 3.05) is 0 Å². The fourth-order valence-electron chi connectivity index (χ4n) is 1.93. The number of hydrogen-bond donors (Lipinski definition) is 1. The number of halogens is 1. The van der Waals surface area contributed by atoms with Gasteiger partial charge in [-0.25, -0.2) is 4.98 Å². The van der Waals surface area contributed by atoms with Crippen LogP contribution in [0.5, 0.6) is 0 Å². The summed E-state index contributed by atoms with van der Waals surface area (Å²) in [5, 5.41) is 5.46. The maximum absolute atomic E-state index is 6.03. The summed E-state index contributed by atoms with van der Waals surface area (Å²) in [7, 11) is 0. The van der Waals surface area contributed by atoms with Crippen LogP contribution in [0.1, 0.15) is 34.8 Å². The second kappa shape index (κ2) is 6.32. The smallest absolute Gasteiger partial charge is 0.0897 e. The first-order valence-corrected chi connectivity index (χ1v) is 7.28. The molecule has 0 radical (unpaired) electrons. The van der Waals surface area contributed by atoms with E-state index in [0.717, 1.165) is 23.0 Å². The van der Waals surface area contributed by atoms with Crippen LogP contribution < -0.4 is 5.32 Å². The van der Waals surface area contributed by atoms with Crippen LogP contribution in [0.25, 0.3) is 0 Å². The monoisotopic (exact) mass is 280 g/mol. The molecule has 0 spiro atoms. The summed E-state index contributed by atoms with van der Waals surface area (Å²) < 4.78 is 0. The second-order valence-electron chi connectivity index (χ2n) is 4.24. The van der Waals surface area contributed by atoms with Gasteiger partial charge >= 0.3 is 0 Å². The zero-order valence-electron chi connectivity index (χ0n) is 10.6. The van der Waals surface area contributed by atoms with Crippen LogP contribution in [-0.2, 0) is 6.54 Å². The van der Waals surface area contributed by atoms with Gasteiger partial charge in [0.1, 0.15) is 0 Å². The van der Waals surface area contributed by atoms with Crippen molar-refractivity contribution in [2.24, 2.45) is 0 Å². The number of aryl methyl sites for hydroxylation is 1. The van der Waals surface area contributed by atoms with E-state index in [2.05, 4.69) is 23.3 Å². The zero-order valence-corrected chi connectivity index (χ0v) is 12.2. The van der Waals surface area contributed by atoms with E-state index in [-0.39, 0.29) is 0 Å². The van der Waals surface area contributed by atoms with E-state index in [1.165, 1.54) is 10.4 Å². The van der Waals surface area contributed by atoms with Crippen molar-refractivity contribution < 1.29 is 0 Å². The highest BCUT2D eigenvalue weighted by molar-refractivity contribution is 7.11. The number of benzene rings is 1. The molecule has 0 aliphatic rings. The van der Waals surface area contributed by atoms with Gasteiger partial charge in [-0.3, -0.25) is 0 Å². The van der Waals surface area contributed by atoms with Crippen molar-refractivity contribution in [1.29, 1.82) is 0 Å². The highest BCUT2D eigenvalue weighted by Crippen LogP contribution is 2.21. The number of nitrogens with one attached hydrogen (secondary N) is 1. The van der Waals surface area contributed by atoms with Gasteiger partial charge in [-0.15, -0.1) is 11.3 Å². The number of hydrogen-bond acceptors (Lipinski definition) is 3. The van der Waals surface area contributed by atoms with E-state index in [0.29, 0.717) is 6.04 Å². The molecule has 2 aromatic rings. The summed E-state index contributed by atoms with van der Waals surface area (Å²) in [6.45, 7) is 5.06. The molecule has 2 nitrogen and oxygen atoms in total. The number of nitrogens with zero attached hydrogens (tertiary/aromatic N) is 1. The molecule has 0 amide bonds. The maximum Gasteiger partial charge on any atom is 0.0897 e. The quantitative estimate of drug-likeness (QED) is 0.881. The molecule has 1 heterocycles. The molecule has 96 valence electrons. The van der Waals surface area contributed by atoms with Crippen LogP contribution in [0.4, 0.5) is 0 Å². The third-order valence-electron chi connectivity index (χ3n) is 2.85. The fraction of sp³-hybridized carbons (Fsp3) is 0.357. The molecular weight excluding hydrogens is 264 g/mol. The minimum atomic E-state index is 0.339. The second-order valence-corrected chi connectivity index (χ2v) is 6.00. The van der Waals surface area contributed by atoms with Gasteiger partial charge in [0.2, 0.25) is 0 Å². The highest BCUT2D eigenvalue weighted by atomic mass is 35.5. The van der Waals surface area contributed by atoms with Crippen molar-refractivity contribution >= 4 is 22.9 Å². The summed E-state index contributed by atoms with van der Waals surface area (Å²) in [4.78, 5) is 5.54. The van der Waals surface area contributed by atoms with E-state index < -0.39 is 0 Å². The van der Waals surface area contributed by atoms with Crippen molar-refractivity contribution in [2.45, 2.75) is 32.9 Å². The Morgan fingerprint density at radius 1 is 1.44 bits per heavy atom. The van der Waals surface area contributed by atoms with E-state index in [9.17, 15) is 0 Å². The molecule has 1 unspecified atom stereocenters. The molecule has 4 heteroatoms. The largest absolute Gasteiger partial charge is 0.305 e. The average Bonchev–Trinajstić information content (AvgIpc) is 2.76. The summed E-state index contributed by atoms with van der Waals surface area (Å²) in [6, 6.07) is 8.39. The Morgan fingerprint density at radius 2 is 2.28 bits per heavy atom. The van der Waals surface area contributed by atoms with Crippen LogP contribution in [0.3, 0.4) is 0 Å². The lowest BCUT2D eigenvalue weighted by molar-refractivity contribution is 0.522. The van der Waals surface area contributed by atoms with Gasteiger partial charge in [-0.2, -0.15) is 0 Å². The predicted molar refractivity (Wildman–Crippen MR) is 78.2 cm³/mol. The first kappa shape index (κ1) is 13.5.